The number of methoxy groups -OCH3 is 1. The zero-order chi connectivity index (χ0) is 13.1. The van der Waals surface area contributed by atoms with Gasteiger partial charge in [-0.2, -0.15) is 0 Å². The Balaban J connectivity index is 2.29. The van der Waals surface area contributed by atoms with E-state index in [0.717, 1.165) is 10.2 Å². The zero-order valence-electron chi connectivity index (χ0n) is 9.96. The first-order valence-corrected chi connectivity index (χ1v) is 7.28. The molecule has 0 spiro atoms. The van der Waals surface area contributed by atoms with E-state index in [4.69, 9.17) is 4.74 Å². The van der Waals surface area contributed by atoms with Gasteiger partial charge < -0.3 is 4.74 Å². The second kappa shape index (κ2) is 5.62. The third-order valence-corrected chi connectivity index (χ3v) is 4.32. The fourth-order valence-corrected chi connectivity index (χ4v) is 3.31. The van der Waals surface area contributed by atoms with Gasteiger partial charge in [0.2, 0.25) is 0 Å². The maximum absolute atomic E-state index is 12.3. The van der Waals surface area contributed by atoms with Gasteiger partial charge in [0.05, 0.1) is 40.4 Å². The molecule has 0 saturated carbocycles. The molecule has 0 bridgehead atoms. The van der Waals surface area contributed by atoms with Crippen LogP contribution in [0.5, 0.6) is 5.75 Å². The third kappa shape index (κ3) is 2.78. The fraction of sp³-hybridized carbons (Fsp3) is 0.273. The summed E-state index contributed by atoms with van der Waals surface area (Å²) in [6, 6.07) is 5.45. The SMILES string of the molecule is COc1ccc(Br)cc1S(=O)Cc1cnnn1C. The van der Waals surface area contributed by atoms with Crippen LogP contribution in [0.3, 0.4) is 0 Å². The van der Waals surface area contributed by atoms with Crippen molar-refractivity contribution in [3.05, 3.63) is 34.6 Å². The Labute approximate surface area is 116 Å². The molecule has 2 aromatic rings. The summed E-state index contributed by atoms with van der Waals surface area (Å²) in [7, 11) is 2.14. The molecule has 0 fully saturated rings. The van der Waals surface area contributed by atoms with Crippen LogP contribution in [0.1, 0.15) is 5.69 Å². The molecule has 18 heavy (non-hydrogen) atoms. The number of aryl methyl sites for hydroxylation is 1. The first-order valence-electron chi connectivity index (χ1n) is 5.17. The standard InChI is InChI=1S/C11H12BrN3O2S/c1-15-9(6-13-14-15)7-18(16)11-5-8(12)3-4-10(11)17-2/h3-6H,7H2,1-2H3. The number of hydrogen-bond donors (Lipinski definition) is 0. The number of benzene rings is 1. The molecule has 0 aliphatic rings. The predicted octanol–water partition coefficient (Wildman–Crippen LogP) is 1.89. The summed E-state index contributed by atoms with van der Waals surface area (Å²) in [6.45, 7) is 0. The van der Waals surface area contributed by atoms with Gasteiger partial charge in [0.1, 0.15) is 5.75 Å². The summed E-state index contributed by atoms with van der Waals surface area (Å²) in [5, 5.41) is 7.58. The Morgan fingerprint density at radius 2 is 2.28 bits per heavy atom. The van der Waals surface area contributed by atoms with Crippen LogP contribution >= 0.6 is 15.9 Å². The van der Waals surface area contributed by atoms with Gasteiger partial charge in [-0.15, -0.1) is 5.10 Å². The molecule has 1 atom stereocenters. The molecule has 1 aromatic heterocycles. The van der Waals surface area contributed by atoms with E-state index >= 15 is 0 Å². The van der Waals surface area contributed by atoms with Gasteiger partial charge in [-0.3, -0.25) is 8.89 Å². The average molecular weight is 330 g/mol. The maximum atomic E-state index is 12.3. The minimum Gasteiger partial charge on any atom is -0.495 e. The number of aromatic nitrogens is 3. The summed E-state index contributed by atoms with van der Waals surface area (Å²) < 4.78 is 20.0. The van der Waals surface area contributed by atoms with Crippen LogP contribution in [-0.2, 0) is 23.6 Å². The van der Waals surface area contributed by atoms with Crippen LogP contribution in [0.4, 0.5) is 0 Å². The molecule has 0 amide bonds. The number of halogens is 1. The number of ether oxygens (including phenoxy) is 1. The zero-order valence-corrected chi connectivity index (χ0v) is 12.4. The fourth-order valence-electron chi connectivity index (χ4n) is 1.48. The summed E-state index contributed by atoms with van der Waals surface area (Å²) >= 11 is 3.37. The molecule has 0 N–H and O–H groups in total. The van der Waals surface area contributed by atoms with E-state index in [1.54, 1.807) is 37.2 Å². The number of rotatable bonds is 4. The van der Waals surface area contributed by atoms with Crippen molar-refractivity contribution in [1.82, 2.24) is 15.0 Å². The van der Waals surface area contributed by atoms with Gasteiger partial charge in [-0.25, -0.2) is 0 Å². The molecular formula is C11H12BrN3O2S. The first kappa shape index (κ1) is 13.2. The number of hydrogen-bond acceptors (Lipinski definition) is 4. The lowest BCUT2D eigenvalue weighted by molar-refractivity contribution is 0.404. The highest BCUT2D eigenvalue weighted by Gasteiger charge is 2.14. The van der Waals surface area contributed by atoms with Gasteiger partial charge >= 0.3 is 0 Å². The number of nitrogens with zero attached hydrogens (tertiary/aromatic N) is 3. The Hall–Kier alpha value is -1.21. The maximum Gasteiger partial charge on any atom is 0.135 e. The van der Waals surface area contributed by atoms with Crippen molar-refractivity contribution in [2.24, 2.45) is 7.05 Å². The summed E-state index contributed by atoms with van der Waals surface area (Å²) in [5.41, 5.74) is 0.815. The summed E-state index contributed by atoms with van der Waals surface area (Å²) in [5.74, 6) is 0.975. The van der Waals surface area contributed by atoms with Crippen molar-refractivity contribution in [3.8, 4) is 5.75 Å². The topological polar surface area (TPSA) is 57.0 Å². The van der Waals surface area contributed by atoms with Crippen molar-refractivity contribution in [2.75, 3.05) is 7.11 Å². The normalized spacial score (nSPS) is 12.4. The Kier molecular flexibility index (Phi) is 4.13. The molecular weight excluding hydrogens is 318 g/mol. The molecule has 1 aromatic carbocycles. The monoisotopic (exact) mass is 329 g/mol. The van der Waals surface area contributed by atoms with E-state index in [1.807, 2.05) is 6.07 Å². The molecule has 1 unspecified atom stereocenters. The highest BCUT2D eigenvalue weighted by molar-refractivity contribution is 9.10. The van der Waals surface area contributed by atoms with Crippen molar-refractivity contribution in [2.45, 2.75) is 10.6 Å². The Morgan fingerprint density at radius 1 is 1.50 bits per heavy atom. The Morgan fingerprint density at radius 3 is 2.89 bits per heavy atom. The van der Waals surface area contributed by atoms with Crippen LogP contribution in [0.25, 0.3) is 0 Å². The molecule has 96 valence electrons. The van der Waals surface area contributed by atoms with Crippen LogP contribution in [0.15, 0.2) is 33.8 Å². The van der Waals surface area contributed by atoms with E-state index < -0.39 is 10.8 Å². The van der Waals surface area contributed by atoms with Crippen molar-refractivity contribution < 1.29 is 8.95 Å². The lowest BCUT2D eigenvalue weighted by Gasteiger charge is -2.08. The average Bonchev–Trinajstić information content (AvgIpc) is 2.75. The van der Waals surface area contributed by atoms with Crippen LogP contribution in [0, 0.1) is 0 Å². The predicted molar refractivity (Wildman–Crippen MR) is 71.8 cm³/mol. The molecule has 2 rings (SSSR count). The van der Waals surface area contributed by atoms with E-state index in [1.165, 1.54) is 0 Å². The highest BCUT2D eigenvalue weighted by Crippen LogP contribution is 2.27. The molecule has 0 aliphatic heterocycles. The molecule has 1 heterocycles. The highest BCUT2D eigenvalue weighted by atomic mass is 79.9. The molecule has 7 heteroatoms. The second-order valence-corrected chi connectivity index (χ2v) is 5.97. The van der Waals surface area contributed by atoms with Crippen LogP contribution < -0.4 is 4.74 Å². The van der Waals surface area contributed by atoms with Crippen LogP contribution in [0.2, 0.25) is 0 Å². The van der Waals surface area contributed by atoms with Gasteiger partial charge in [-0.1, -0.05) is 21.1 Å². The van der Waals surface area contributed by atoms with E-state index in [9.17, 15) is 4.21 Å². The van der Waals surface area contributed by atoms with E-state index in [-0.39, 0.29) is 0 Å². The lowest BCUT2D eigenvalue weighted by Crippen LogP contribution is -2.04. The summed E-state index contributed by atoms with van der Waals surface area (Å²) in [4.78, 5) is 0.660. The minimum atomic E-state index is -1.20. The largest absolute Gasteiger partial charge is 0.495 e. The first-order chi connectivity index (χ1) is 8.61. The quantitative estimate of drug-likeness (QED) is 0.859. The van der Waals surface area contributed by atoms with Crippen molar-refractivity contribution in [1.29, 1.82) is 0 Å². The van der Waals surface area contributed by atoms with Gasteiger partial charge in [0.25, 0.3) is 0 Å². The van der Waals surface area contributed by atoms with Crippen molar-refractivity contribution in [3.63, 3.8) is 0 Å². The van der Waals surface area contributed by atoms with Gasteiger partial charge in [-0.05, 0) is 18.2 Å². The third-order valence-electron chi connectivity index (χ3n) is 2.46. The second-order valence-electron chi connectivity index (χ2n) is 3.63. The van der Waals surface area contributed by atoms with Gasteiger partial charge in [0.15, 0.2) is 0 Å². The molecule has 0 aliphatic carbocycles. The van der Waals surface area contributed by atoms with E-state index in [2.05, 4.69) is 26.2 Å². The summed E-state index contributed by atoms with van der Waals surface area (Å²) in [6.07, 6.45) is 1.61. The van der Waals surface area contributed by atoms with Gasteiger partial charge in [0, 0.05) is 11.5 Å². The lowest BCUT2D eigenvalue weighted by atomic mass is 10.3. The Bertz CT molecular complexity index is 585. The van der Waals surface area contributed by atoms with Crippen LogP contribution in [-0.4, -0.2) is 26.3 Å². The molecule has 5 nitrogen and oxygen atoms in total. The smallest absolute Gasteiger partial charge is 0.135 e. The van der Waals surface area contributed by atoms with Crippen molar-refractivity contribution >= 4 is 26.7 Å². The van der Waals surface area contributed by atoms with E-state index in [0.29, 0.717) is 16.4 Å². The molecule has 0 radical (unpaired) electrons. The minimum absolute atomic E-state index is 0.357. The molecule has 0 saturated heterocycles.